The Hall–Kier alpha value is -7.10. The van der Waals surface area contributed by atoms with Crippen LogP contribution in [0, 0.1) is 0 Å². The third-order valence-corrected chi connectivity index (χ3v) is 10.6. The highest BCUT2D eigenvalue weighted by Gasteiger charge is 2.21. The number of furan rings is 2. The van der Waals surface area contributed by atoms with Crippen LogP contribution in [0.1, 0.15) is 0 Å². The largest absolute Gasteiger partial charge is 0.456 e. The quantitative estimate of drug-likeness (QED) is 0.170. The van der Waals surface area contributed by atoms with Crippen molar-refractivity contribution in [2.45, 2.75) is 0 Å². The number of anilines is 3. The van der Waals surface area contributed by atoms with Gasteiger partial charge in [-0.25, -0.2) is 0 Å². The Labute approximate surface area is 305 Å². The predicted octanol–water partition coefficient (Wildman–Crippen LogP) is 14.6. The summed E-state index contributed by atoms with van der Waals surface area (Å²) in [6.07, 6.45) is 0. The predicted molar refractivity (Wildman–Crippen MR) is 222 cm³/mol. The maximum Gasteiger partial charge on any atom is 0.143 e. The molecule has 53 heavy (non-hydrogen) atoms. The van der Waals surface area contributed by atoms with E-state index in [9.17, 15) is 0 Å². The van der Waals surface area contributed by atoms with Crippen molar-refractivity contribution in [3.63, 3.8) is 0 Å². The molecule has 2 heterocycles. The van der Waals surface area contributed by atoms with Crippen molar-refractivity contribution in [3.8, 4) is 22.3 Å². The number of rotatable bonds is 5. The normalized spacial score (nSPS) is 11.8. The molecule has 9 aromatic carbocycles. The summed E-state index contributed by atoms with van der Waals surface area (Å²) in [5.41, 5.74) is 11.3. The summed E-state index contributed by atoms with van der Waals surface area (Å²) in [6.45, 7) is 0. The van der Waals surface area contributed by atoms with Gasteiger partial charge in [-0.15, -0.1) is 0 Å². The van der Waals surface area contributed by atoms with Gasteiger partial charge >= 0.3 is 0 Å². The van der Waals surface area contributed by atoms with Crippen LogP contribution in [0.25, 0.3) is 87.7 Å². The zero-order valence-corrected chi connectivity index (χ0v) is 28.7. The van der Waals surface area contributed by atoms with Crippen LogP contribution >= 0.6 is 0 Å². The number of hydrogen-bond donors (Lipinski definition) is 0. The van der Waals surface area contributed by atoms with Crippen LogP contribution in [0.4, 0.5) is 17.1 Å². The van der Waals surface area contributed by atoms with E-state index in [1.807, 2.05) is 24.3 Å². The zero-order chi connectivity index (χ0) is 34.9. The van der Waals surface area contributed by atoms with Crippen LogP contribution in [0.15, 0.2) is 197 Å². The standard InChI is InChI=1S/C50H31NO2/c1-3-12-32(13-4-1)44-28-34(38-18-11-19-41-39-16-7-10-21-48(39)53-50(38)41)25-27-46(44)51(36-14-5-2-6-15-36)37-26-24-33-22-23-35-29-49-45(31-43(35)42(33)30-37)40-17-8-9-20-47(40)52-49/h1-31H. The van der Waals surface area contributed by atoms with E-state index in [4.69, 9.17) is 8.83 Å². The first-order chi connectivity index (χ1) is 26.3. The van der Waals surface area contributed by atoms with E-state index in [0.717, 1.165) is 88.6 Å². The molecule has 0 N–H and O–H groups in total. The molecule has 0 spiro atoms. The molecule has 0 aliphatic carbocycles. The molecule has 0 bridgehead atoms. The van der Waals surface area contributed by atoms with Crippen LogP contribution in [-0.2, 0) is 0 Å². The first-order valence-corrected chi connectivity index (χ1v) is 18.0. The van der Waals surface area contributed by atoms with Gasteiger partial charge in [0.05, 0.1) is 5.69 Å². The van der Waals surface area contributed by atoms with Gasteiger partial charge in [-0.05, 0) is 93.3 Å². The molecule has 11 rings (SSSR count). The maximum absolute atomic E-state index is 6.50. The Bertz CT molecular complexity index is 3170. The lowest BCUT2D eigenvalue weighted by Crippen LogP contribution is -2.11. The summed E-state index contributed by atoms with van der Waals surface area (Å²) in [5, 5.41) is 9.27. The van der Waals surface area contributed by atoms with Gasteiger partial charge in [-0.3, -0.25) is 0 Å². The Balaban J connectivity index is 1.15. The summed E-state index contributed by atoms with van der Waals surface area (Å²) < 4.78 is 12.8. The Morgan fingerprint density at radius 1 is 0.321 bits per heavy atom. The van der Waals surface area contributed by atoms with Gasteiger partial charge in [0.1, 0.15) is 22.3 Å². The summed E-state index contributed by atoms with van der Waals surface area (Å²) in [6, 6.07) is 66.9. The maximum atomic E-state index is 6.50. The van der Waals surface area contributed by atoms with Gasteiger partial charge in [-0.1, -0.05) is 127 Å². The summed E-state index contributed by atoms with van der Waals surface area (Å²) >= 11 is 0. The lowest BCUT2D eigenvalue weighted by atomic mass is 9.95. The first kappa shape index (κ1) is 29.6. The third-order valence-electron chi connectivity index (χ3n) is 10.6. The van der Waals surface area contributed by atoms with Crippen molar-refractivity contribution in [3.05, 3.63) is 188 Å². The SMILES string of the molecule is c1ccc(-c2cc(-c3cccc4c3oc3ccccc34)ccc2N(c2ccccc2)c2ccc3ccc4cc5oc6ccccc6c5cc4c3c2)cc1. The van der Waals surface area contributed by atoms with E-state index in [-0.39, 0.29) is 0 Å². The smallest absolute Gasteiger partial charge is 0.143 e. The van der Waals surface area contributed by atoms with E-state index in [0.29, 0.717) is 0 Å². The van der Waals surface area contributed by atoms with Crippen LogP contribution in [-0.4, -0.2) is 0 Å². The monoisotopic (exact) mass is 677 g/mol. The van der Waals surface area contributed by atoms with E-state index >= 15 is 0 Å². The molecule has 11 aromatic rings. The Morgan fingerprint density at radius 3 is 1.81 bits per heavy atom. The molecule has 3 nitrogen and oxygen atoms in total. The highest BCUT2D eigenvalue weighted by molar-refractivity contribution is 6.17. The lowest BCUT2D eigenvalue weighted by Gasteiger charge is -2.29. The molecular formula is C50H31NO2. The summed E-state index contributed by atoms with van der Waals surface area (Å²) in [7, 11) is 0. The molecule has 0 amide bonds. The minimum absolute atomic E-state index is 0.899. The van der Waals surface area contributed by atoms with Crippen molar-refractivity contribution in [1.82, 2.24) is 0 Å². The molecule has 248 valence electrons. The Morgan fingerprint density at radius 2 is 0.981 bits per heavy atom. The van der Waals surface area contributed by atoms with Gasteiger partial charge in [0, 0.05) is 44.0 Å². The molecule has 0 atom stereocenters. The number of para-hydroxylation sites is 4. The van der Waals surface area contributed by atoms with E-state index in [1.165, 1.54) is 16.2 Å². The van der Waals surface area contributed by atoms with E-state index < -0.39 is 0 Å². The fourth-order valence-electron chi connectivity index (χ4n) is 8.13. The number of nitrogens with zero attached hydrogens (tertiary/aromatic N) is 1. The topological polar surface area (TPSA) is 29.5 Å². The molecule has 0 fully saturated rings. The fourth-order valence-corrected chi connectivity index (χ4v) is 8.13. The molecule has 2 aromatic heterocycles. The Kier molecular flexibility index (Phi) is 6.55. The van der Waals surface area contributed by atoms with Crippen LogP contribution in [0.5, 0.6) is 0 Å². The second kappa shape index (κ2) is 11.7. The first-order valence-electron chi connectivity index (χ1n) is 18.0. The molecule has 3 heteroatoms. The molecule has 0 aliphatic rings. The second-order valence-corrected chi connectivity index (χ2v) is 13.7. The molecule has 0 saturated carbocycles. The van der Waals surface area contributed by atoms with Crippen molar-refractivity contribution in [1.29, 1.82) is 0 Å². The van der Waals surface area contributed by atoms with Gasteiger partial charge in [0.2, 0.25) is 0 Å². The van der Waals surface area contributed by atoms with E-state index in [2.05, 4.69) is 169 Å². The minimum atomic E-state index is 0.899. The molecule has 0 aliphatic heterocycles. The second-order valence-electron chi connectivity index (χ2n) is 13.7. The minimum Gasteiger partial charge on any atom is -0.456 e. The van der Waals surface area contributed by atoms with Gasteiger partial charge in [0.15, 0.2) is 0 Å². The molecule has 0 unspecified atom stereocenters. The van der Waals surface area contributed by atoms with Crippen LogP contribution < -0.4 is 4.90 Å². The third kappa shape index (κ3) is 4.75. The lowest BCUT2D eigenvalue weighted by molar-refractivity contribution is 0.669. The van der Waals surface area contributed by atoms with Crippen molar-refractivity contribution < 1.29 is 8.83 Å². The molecule has 0 radical (unpaired) electrons. The van der Waals surface area contributed by atoms with Crippen molar-refractivity contribution in [2.75, 3.05) is 4.90 Å². The van der Waals surface area contributed by atoms with E-state index in [1.54, 1.807) is 0 Å². The average Bonchev–Trinajstić information content (AvgIpc) is 3.79. The van der Waals surface area contributed by atoms with Crippen LogP contribution in [0.3, 0.4) is 0 Å². The van der Waals surface area contributed by atoms with Gasteiger partial charge in [0.25, 0.3) is 0 Å². The van der Waals surface area contributed by atoms with Crippen molar-refractivity contribution >= 4 is 82.5 Å². The average molecular weight is 678 g/mol. The van der Waals surface area contributed by atoms with Gasteiger partial charge in [-0.2, -0.15) is 0 Å². The van der Waals surface area contributed by atoms with Gasteiger partial charge < -0.3 is 13.7 Å². The number of fused-ring (bicyclic) bond motifs is 9. The zero-order valence-electron chi connectivity index (χ0n) is 28.7. The summed E-state index contributed by atoms with van der Waals surface area (Å²) in [4.78, 5) is 2.39. The molecular weight excluding hydrogens is 647 g/mol. The number of benzene rings is 9. The van der Waals surface area contributed by atoms with Crippen molar-refractivity contribution in [2.24, 2.45) is 0 Å². The number of hydrogen-bond acceptors (Lipinski definition) is 3. The van der Waals surface area contributed by atoms with Crippen LogP contribution in [0.2, 0.25) is 0 Å². The highest BCUT2D eigenvalue weighted by Crippen LogP contribution is 2.45. The highest BCUT2D eigenvalue weighted by atomic mass is 16.3. The summed E-state index contributed by atoms with van der Waals surface area (Å²) in [5.74, 6) is 0. The molecule has 0 saturated heterocycles. The fraction of sp³-hybridized carbons (Fsp3) is 0.